The van der Waals surface area contributed by atoms with E-state index in [1.165, 1.54) is 12.1 Å². The highest BCUT2D eigenvalue weighted by atomic mass is 19.4. The van der Waals surface area contributed by atoms with Crippen LogP contribution >= 0.6 is 0 Å². The summed E-state index contributed by atoms with van der Waals surface area (Å²) in [6.07, 6.45) is -1.51. The maximum absolute atomic E-state index is 13.3. The molecule has 0 aromatic heterocycles. The molecule has 122 valence electrons. The third kappa shape index (κ3) is 3.75. The predicted octanol–water partition coefficient (Wildman–Crippen LogP) is 5.43. The number of likely N-dealkylation sites (tertiary alicyclic amines) is 1. The van der Waals surface area contributed by atoms with Crippen molar-refractivity contribution in [2.45, 2.75) is 38.0 Å². The van der Waals surface area contributed by atoms with Gasteiger partial charge >= 0.3 is 6.18 Å². The number of piperidine rings is 1. The van der Waals surface area contributed by atoms with Crippen LogP contribution in [0.2, 0.25) is 0 Å². The third-order valence-corrected chi connectivity index (χ3v) is 4.47. The molecule has 0 aliphatic carbocycles. The maximum Gasteiger partial charge on any atom is 0.416 e. The van der Waals surface area contributed by atoms with Gasteiger partial charge in [-0.15, -0.1) is 0 Å². The highest BCUT2D eigenvalue weighted by Crippen LogP contribution is 2.40. The number of benzene rings is 2. The summed E-state index contributed by atoms with van der Waals surface area (Å²) >= 11 is 0. The molecular formula is C19H20F3N. The number of rotatable bonds is 3. The monoisotopic (exact) mass is 319 g/mol. The number of nitrogens with zero attached hydrogens (tertiary/aromatic N) is 1. The molecule has 4 heteroatoms. The maximum atomic E-state index is 13.3. The fourth-order valence-corrected chi connectivity index (χ4v) is 3.40. The van der Waals surface area contributed by atoms with Crippen molar-refractivity contribution in [3.8, 4) is 0 Å². The van der Waals surface area contributed by atoms with Crippen LogP contribution < -0.4 is 0 Å². The second-order valence-corrected chi connectivity index (χ2v) is 6.05. The molecule has 2 aromatic rings. The molecule has 0 amide bonds. The number of hydrogen-bond acceptors (Lipinski definition) is 1. The Labute approximate surface area is 134 Å². The lowest BCUT2D eigenvalue weighted by Gasteiger charge is -2.37. The van der Waals surface area contributed by atoms with Gasteiger partial charge in [-0.1, -0.05) is 55.0 Å². The number of halogens is 3. The van der Waals surface area contributed by atoms with E-state index in [2.05, 4.69) is 4.90 Å². The SMILES string of the molecule is FC(F)(F)c1ccccc1[C@H]1CCCCN1Cc1ccccc1. The van der Waals surface area contributed by atoms with Gasteiger partial charge in [0.15, 0.2) is 0 Å². The first-order valence-corrected chi connectivity index (χ1v) is 8.00. The third-order valence-electron chi connectivity index (χ3n) is 4.47. The van der Waals surface area contributed by atoms with Crippen molar-refractivity contribution < 1.29 is 13.2 Å². The van der Waals surface area contributed by atoms with Crippen LogP contribution in [0, 0.1) is 0 Å². The zero-order valence-electron chi connectivity index (χ0n) is 12.9. The summed E-state index contributed by atoms with van der Waals surface area (Å²) in [5.41, 5.74) is 1.06. The van der Waals surface area contributed by atoms with E-state index in [-0.39, 0.29) is 6.04 Å². The molecule has 23 heavy (non-hydrogen) atoms. The second kappa shape index (κ2) is 6.75. The summed E-state index contributed by atoms with van der Waals surface area (Å²) < 4.78 is 40.0. The van der Waals surface area contributed by atoms with E-state index in [9.17, 15) is 13.2 Å². The largest absolute Gasteiger partial charge is 0.416 e. The van der Waals surface area contributed by atoms with Gasteiger partial charge < -0.3 is 0 Å². The Morgan fingerprint density at radius 2 is 1.61 bits per heavy atom. The van der Waals surface area contributed by atoms with Crippen LogP contribution in [0.25, 0.3) is 0 Å². The van der Waals surface area contributed by atoms with Crippen LogP contribution in [0.1, 0.15) is 42.0 Å². The Morgan fingerprint density at radius 1 is 0.913 bits per heavy atom. The zero-order valence-corrected chi connectivity index (χ0v) is 12.9. The molecule has 1 aliphatic heterocycles. The summed E-state index contributed by atoms with van der Waals surface area (Å²) in [6, 6.07) is 15.8. The van der Waals surface area contributed by atoms with Crippen LogP contribution in [0.15, 0.2) is 54.6 Å². The van der Waals surface area contributed by atoms with Crippen molar-refractivity contribution in [2.75, 3.05) is 6.54 Å². The van der Waals surface area contributed by atoms with Crippen LogP contribution in [-0.4, -0.2) is 11.4 Å². The van der Waals surface area contributed by atoms with Crippen molar-refractivity contribution in [1.82, 2.24) is 4.90 Å². The minimum atomic E-state index is -4.30. The van der Waals surface area contributed by atoms with Crippen molar-refractivity contribution in [2.24, 2.45) is 0 Å². The van der Waals surface area contributed by atoms with Crippen LogP contribution in [-0.2, 0) is 12.7 Å². The molecule has 1 fully saturated rings. The fraction of sp³-hybridized carbons (Fsp3) is 0.368. The van der Waals surface area contributed by atoms with Gasteiger partial charge in [0.2, 0.25) is 0 Å². The Bertz CT molecular complexity index is 637. The van der Waals surface area contributed by atoms with Gasteiger partial charge in [-0.2, -0.15) is 13.2 Å². The Kier molecular flexibility index (Phi) is 4.71. The molecule has 0 unspecified atom stereocenters. The molecule has 1 saturated heterocycles. The molecule has 0 saturated carbocycles. The lowest BCUT2D eigenvalue weighted by atomic mass is 9.91. The van der Waals surface area contributed by atoms with Crippen LogP contribution in [0.5, 0.6) is 0 Å². The van der Waals surface area contributed by atoms with Crippen molar-refractivity contribution in [3.63, 3.8) is 0 Å². The van der Waals surface area contributed by atoms with Crippen molar-refractivity contribution in [1.29, 1.82) is 0 Å². The minimum Gasteiger partial charge on any atom is -0.292 e. The fourth-order valence-electron chi connectivity index (χ4n) is 3.40. The highest BCUT2D eigenvalue weighted by molar-refractivity contribution is 5.33. The molecule has 0 radical (unpaired) electrons. The van der Waals surface area contributed by atoms with Gasteiger partial charge in [0, 0.05) is 12.6 Å². The van der Waals surface area contributed by atoms with Crippen molar-refractivity contribution in [3.05, 3.63) is 71.3 Å². The van der Waals surface area contributed by atoms with E-state index in [1.54, 1.807) is 12.1 Å². The first-order valence-electron chi connectivity index (χ1n) is 8.00. The zero-order chi connectivity index (χ0) is 16.3. The number of alkyl halides is 3. The summed E-state index contributed by atoms with van der Waals surface area (Å²) in [6.45, 7) is 1.53. The van der Waals surface area contributed by atoms with E-state index in [1.807, 2.05) is 30.3 Å². The van der Waals surface area contributed by atoms with Crippen molar-refractivity contribution >= 4 is 0 Å². The summed E-state index contributed by atoms with van der Waals surface area (Å²) in [4.78, 5) is 2.18. The van der Waals surface area contributed by atoms with Gasteiger partial charge in [-0.25, -0.2) is 0 Å². The van der Waals surface area contributed by atoms with E-state index in [0.717, 1.165) is 31.4 Å². The normalized spacial score (nSPS) is 19.7. The minimum absolute atomic E-state index is 0.165. The topological polar surface area (TPSA) is 3.24 Å². The number of hydrogen-bond donors (Lipinski definition) is 0. The molecule has 2 aromatic carbocycles. The molecule has 0 spiro atoms. The molecule has 1 heterocycles. The molecule has 1 atom stereocenters. The first-order chi connectivity index (χ1) is 11.1. The van der Waals surface area contributed by atoms with Gasteiger partial charge in [-0.3, -0.25) is 4.90 Å². The average molecular weight is 319 g/mol. The lowest BCUT2D eigenvalue weighted by molar-refractivity contribution is -0.139. The summed E-state index contributed by atoms with van der Waals surface area (Å²) in [7, 11) is 0. The molecule has 0 N–H and O–H groups in total. The first kappa shape index (κ1) is 16.1. The molecule has 3 rings (SSSR count). The molecule has 0 bridgehead atoms. The average Bonchev–Trinajstić information content (AvgIpc) is 2.56. The smallest absolute Gasteiger partial charge is 0.292 e. The molecular weight excluding hydrogens is 299 g/mol. The second-order valence-electron chi connectivity index (χ2n) is 6.05. The Balaban J connectivity index is 1.90. The van der Waals surface area contributed by atoms with E-state index in [0.29, 0.717) is 12.1 Å². The quantitative estimate of drug-likeness (QED) is 0.729. The molecule has 1 aliphatic rings. The van der Waals surface area contributed by atoms with Crippen LogP contribution in [0.3, 0.4) is 0 Å². The van der Waals surface area contributed by atoms with Gasteiger partial charge in [0.05, 0.1) is 5.56 Å². The van der Waals surface area contributed by atoms with Gasteiger partial charge in [0.1, 0.15) is 0 Å². The Hall–Kier alpha value is -1.81. The van der Waals surface area contributed by atoms with Gasteiger partial charge in [-0.05, 0) is 36.6 Å². The van der Waals surface area contributed by atoms with E-state index >= 15 is 0 Å². The Morgan fingerprint density at radius 3 is 2.35 bits per heavy atom. The summed E-state index contributed by atoms with van der Waals surface area (Å²) in [5, 5.41) is 0. The van der Waals surface area contributed by atoms with Gasteiger partial charge in [0.25, 0.3) is 0 Å². The summed E-state index contributed by atoms with van der Waals surface area (Å²) in [5.74, 6) is 0. The molecule has 1 nitrogen and oxygen atoms in total. The predicted molar refractivity (Wildman–Crippen MR) is 84.9 cm³/mol. The lowest BCUT2D eigenvalue weighted by Crippen LogP contribution is -2.34. The van der Waals surface area contributed by atoms with Crippen LogP contribution in [0.4, 0.5) is 13.2 Å². The van der Waals surface area contributed by atoms with E-state index < -0.39 is 11.7 Å². The standard InChI is InChI=1S/C19H20F3N/c20-19(21,22)17-11-5-4-10-16(17)18-12-6-7-13-23(18)14-15-8-2-1-3-9-15/h1-5,8-11,18H,6-7,12-14H2/t18-/m1/s1. The van der Waals surface area contributed by atoms with E-state index in [4.69, 9.17) is 0 Å². The highest BCUT2D eigenvalue weighted by Gasteiger charge is 2.36.